The van der Waals surface area contributed by atoms with Crippen LogP contribution in [0.15, 0.2) is 47.3 Å². The highest BCUT2D eigenvalue weighted by atomic mass is 19.1. The molecule has 0 spiro atoms. The number of aromatic nitrogens is 3. The number of carbonyl (C=O) groups is 1. The number of methoxy groups -OCH3 is 1. The zero-order chi connectivity index (χ0) is 28.0. The highest BCUT2D eigenvalue weighted by Crippen LogP contribution is 2.39. The number of ketones is 1. The Morgan fingerprint density at radius 2 is 1.79 bits per heavy atom. The molecule has 2 atom stereocenters. The lowest BCUT2D eigenvalue weighted by atomic mass is 9.90. The van der Waals surface area contributed by atoms with Gasteiger partial charge in [-0.3, -0.25) is 4.79 Å². The van der Waals surface area contributed by atoms with Gasteiger partial charge in [0.1, 0.15) is 23.1 Å². The molecule has 0 bridgehead atoms. The van der Waals surface area contributed by atoms with Gasteiger partial charge < -0.3 is 14.9 Å². The average molecular weight is 536 g/mol. The third kappa shape index (κ3) is 4.83. The van der Waals surface area contributed by atoms with Crippen molar-refractivity contribution in [1.82, 2.24) is 14.8 Å². The van der Waals surface area contributed by atoms with E-state index in [-0.39, 0.29) is 52.1 Å². The predicted octanol–water partition coefficient (Wildman–Crippen LogP) is 4.58. The Balaban J connectivity index is 1.53. The fourth-order valence-electron chi connectivity index (χ4n) is 5.17. The third-order valence-corrected chi connectivity index (χ3v) is 7.32. The molecule has 1 heterocycles. The summed E-state index contributed by atoms with van der Waals surface area (Å²) in [5.74, 6) is -3.29. The second-order valence-corrected chi connectivity index (χ2v) is 9.91. The summed E-state index contributed by atoms with van der Waals surface area (Å²) in [6.45, 7) is 2.89. The van der Waals surface area contributed by atoms with Crippen molar-refractivity contribution < 1.29 is 28.5 Å². The van der Waals surface area contributed by atoms with E-state index in [0.717, 1.165) is 35.7 Å². The smallest absolute Gasteiger partial charge is 0.348 e. The Hall–Kier alpha value is -4.31. The second-order valence-electron chi connectivity index (χ2n) is 9.91. The minimum Gasteiger partial charge on any atom is -0.508 e. The molecular weight excluding hydrogens is 508 g/mol. The van der Waals surface area contributed by atoms with Gasteiger partial charge in [0.2, 0.25) is 0 Å². The highest BCUT2D eigenvalue weighted by Gasteiger charge is 2.25. The zero-order valence-corrected chi connectivity index (χ0v) is 21.6. The molecule has 0 saturated carbocycles. The van der Waals surface area contributed by atoms with Gasteiger partial charge in [-0.15, -0.1) is 0 Å². The number of phenolic OH excluding ortho intramolecular Hbond substituents is 2. The molecule has 4 aromatic rings. The number of nitrogens with zero attached hydrogens (tertiary/aromatic N) is 2. The first-order chi connectivity index (χ1) is 18.6. The van der Waals surface area contributed by atoms with Gasteiger partial charge in [-0.25, -0.2) is 23.2 Å². The number of hydrogen-bond acceptors (Lipinski definition) is 6. The molecule has 5 rings (SSSR count). The Morgan fingerprint density at radius 3 is 2.46 bits per heavy atom. The van der Waals surface area contributed by atoms with E-state index in [4.69, 9.17) is 4.74 Å². The number of nitrogens with one attached hydrogen (secondary N) is 1. The van der Waals surface area contributed by atoms with E-state index in [1.165, 1.54) is 17.6 Å². The van der Waals surface area contributed by atoms with Crippen molar-refractivity contribution >= 4 is 5.78 Å². The van der Waals surface area contributed by atoms with E-state index >= 15 is 0 Å². The van der Waals surface area contributed by atoms with Crippen LogP contribution in [0.3, 0.4) is 0 Å². The number of halogens is 2. The largest absolute Gasteiger partial charge is 0.508 e. The molecule has 39 heavy (non-hydrogen) atoms. The van der Waals surface area contributed by atoms with Crippen molar-refractivity contribution in [2.24, 2.45) is 0 Å². The summed E-state index contributed by atoms with van der Waals surface area (Å²) in [6.07, 6.45) is 1.41. The van der Waals surface area contributed by atoms with Gasteiger partial charge in [-0.2, -0.15) is 5.10 Å². The van der Waals surface area contributed by atoms with Crippen LogP contribution < -0.4 is 5.69 Å². The average Bonchev–Trinajstić information content (AvgIpc) is 3.48. The van der Waals surface area contributed by atoms with Crippen molar-refractivity contribution in [2.75, 3.05) is 7.11 Å². The first kappa shape index (κ1) is 26.3. The molecule has 0 saturated heterocycles. The predicted molar refractivity (Wildman–Crippen MR) is 140 cm³/mol. The summed E-state index contributed by atoms with van der Waals surface area (Å²) >= 11 is 0. The lowest BCUT2D eigenvalue weighted by Crippen LogP contribution is -2.16. The maximum atomic E-state index is 14.7. The van der Waals surface area contributed by atoms with Crippen molar-refractivity contribution in [3.8, 4) is 28.6 Å². The van der Waals surface area contributed by atoms with Crippen LogP contribution in [0.2, 0.25) is 0 Å². The van der Waals surface area contributed by atoms with Crippen molar-refractivity contribution in [3.05, 3.63) is 92.4 Å². The van der Waals surface area contributed by atoms with Gasteiger partial charge in [0.15, 0.2) is 11.6 Å². The van der Waals surface area contributed by atoms with E-state index in [2.05, 4.69) is 10.2 Å². The molecule has 0 amide bonds. The van der Waals surface area contributed by atoms with Crippen LogP contribution in [-0.2, 0) is 24.0 Å². The molecular formula is C29H27F2N3O5. The van der Waals surface area contributed by atoms with Crippen LogP contribution in [0.4, 0.5) is 8.78 Å². The summed E-state index contributed by atoms with van der Waals surface area (Å²) in [4.78, 5) is 24.3. The lowest BCUT2D eigenvalue weighted by Gasteiger charge is -2.17. The molecule has 1 aliphatic carbocycles. The number of benzene rings is 3. The van der Waals surface area contributed by atoms with Crippen molar-refractivity contribution in [3.63, 3.8) is 0 Å². The molecule has 3 N–H and O–H groups in total. The van der Waals surface area contributed by atoms with E-state index in [1.54, 1.807) is 20.1 Å². The molecule has 3 aromatic carbocycles. The number of aromatic hydroxyl groups is 2. The summed E-state index contributed by atoms with van der Waals surface area (Å²) in [5, 5.41) is 27.9. The first-order valence-electron chi connectivity index (χ1n) is 12.4. The number of rotatable bonds is 7. The Kier molecular flexibility index (Phi) is 6.82. The number of hydrogen-bond donors (Lipinski definition) is 3. The monoisotopic (exact) mass is 535 g/mol. The van der Waals surface area contributed by atoms with Crippen LogP contribution in [-0.4, -0.2) is 44.0 Å². The number of fused-ring (bicyclic) bond motifs is 1. The Labute approximate surface area is 222 Å². The fourth-order valence-corrected chi connectivity index (χ4v) is 5.17. The molecule has 10 heteroatoms. The summed E-state index contributed by atoms with van der Waals surface area (Å²) < 4.78 is 36.2. The van der Waals surface area contributed by atoms with Crippen LogP contribution >= 0.6 is 0 Å². The zero-order valence-electron chi connectivity index (χ0n) is 21.6. The molecule has 1 aromatic heterocycles. The second kappa shape index (κ2) is 10.1. The maximum absolute atomic E-state index is 14.7. The number of ether oxygens (including phenoxy) is 1. The minimum absolute atomic E-state index is 0.0642. The van der Waals surface area contributed by atoms with Gasteiger partial charge in [-0.1, -0.05) is 13.0 Å². The number of carbonyl (C=O) groups excluding carboxylic acids is 1. The van der Waals surface area contributed by atoms with Crippen molar-refractivity contribution in [2.45, 2.75) is 45.1 Å². The van der Waals surface area contributed by atoms with Crippen LogP contribution in [0.25, 0.3) is 17.1 Å². The van der Waals surface area contributed by atoms with Crippen LogP contribution in [0.1, 0.15) is 52.4 Å². The lowest BCUT2D eigenvalue weighted by molar-refractivity contribution is 0.101. The van der Waals surface area contributed by atoms with E-state index in [9.17, 15) is 28.6 Å². The molecule has 0 radical (unpaired) electrons. The van der Waals surface area contributed by atoms with E-state index < -0.39 is 29.0 Å². The molecule has 202 valence electrons. The quantitative estimate of drug-likeness (QED) is 0.298. The number of Topliss-reactive ketones (excluding diaryl/α,β-unsaturated/α-hetero) is 1. The molecule has 0 aliphatic heterocycles. The molecule has 1 aliphatic rings. The molecule has 2 unspecified atom stereocenters. The summed E-state index contributed by atoms with van der Waals surface area (Å²) in [7, 11) is 1.66. The normalized spacial score (nSPS) is 15.4. The highest BCUT2D eigenvalue weighted by molar-refractivity contribution is 5.94. The number of H-pyrrole nitrogens is 1. The number of phenols is 2. The van der Waals surface area contributed by atoms with E-state index in [0.29, 0.717) is 12.1 Å². The third-order valence-electron chi connectivity index (χ3n) is 7.32. The fraction of sp³-hybridized carbons (Fsp3) is 0.276. The molecule has 0 fully saturated rings. The standard InChI is InChI=1S/C29H27F2N3O5/c1-14(6-22-24(30)10-17(15(2)35)11-25(22)31)21-12-23(27(37)13-26(21)36)28-32-33-29(38)34(28)19-5-4-16-8-20(39-3)9-18(16)7-19/h4-5,7,10-14,20,36-37H,6,8-9H2,1-3H3,(H,33,38). The topological polar surface area (TPSA) is 117 Å². The van der Waals surface area contributed by atoms with Gasteiger partial charge in [0.05, 0.1) is 17.4 Å². The number of aromatic amines is 1. The Morgan fingerprint density at radius 1 is 1.10 bits per heavy atom. The van der Waals surface area contributed by atoms with Crippen LogP contribution in [0.5, 0.6) is 11.5 Å². The van der Waals surface area contributed by atoms with Gasteiger partial charge in [0, 0.05) is 24.3 Å². The van der Waals surface area contributed by atoms with Gasteiger partial charge in [0.25, 0.3) is 0 Å². The Bertz CT molecular complexity index is 1640. The van der Waals surface area contributed by atoms with Gasteiger partial charge >= 0.3 is 5.69 Å². The van der Waals surface area contributed by atoms with Crippen LogP contribution in [0, 0.1) is 11.6 Å². The van der Waals surface area contributed by atoms with Gasteiger partial charge in [-0.05, 0) is 79.1 Å². The SMILES string of the molecule is COC1Cc2ccc(-n3c(-c4cc(C(C)Cc5c(F)cc(C(C)=O)cc5F)c(O)cc4O)n[nH]c3=O)cc2C1. The van der Waals surface area contributed by atoms with Crippen molar-refractivity contribution in [1.29, 1.82) is 0 Å². The minimum atomic E-state index is -0.862. The summed E-state index contributed by atoms with van der Waals surface area (Å²) in [5.41, 5.74) is 2.32. The maximum Gasteiger partial charge on any atom is 0.348 e. The summed E-state index contributed by atoms with van der Waals surface area (Å²) in [6, 6.07) is 10.1. The van der Waals surface area contributed by atoms with E-state index in [1.807, 2.05) is 12.1 Å². The molecule has 8 nitrogen and oxygen atoms in total. The first-order valence-corrected chi connectivity index (χ1v) is 12.4.